The highest BCUT2D eigenvalue weighted by atomic mass is 32.2. The minimum absolute atomic E-state index is 0.0114. The van der Waals surface area contributed by atoms with Crippen molar-refractivity contribution in [1.29, 1.82) is 0 Å². The Kier molecular flexibility index (Phi) is 8.39. The molecule has 192 valence electrons. The summed E-state index contributed by atoms with van der Waals surface area (Å²) in [5.41, 5.74) is -5.25. The zero-order valence-electron chi connectivity index (χ0n) is 19.0. The first kappa shape index (κ1) is 26.9. The Bertz CT molecular complexity index is 1160. The first-order chi connectivity index (χ1) is 16.5. The molecule has 0 aliphatic heterocycles. The van der Waals surface area contributed by atoms with Gasteiger partial charge in [0.1, 0.15) is 18.0 Å². The lowest BCUT2D eigenvalue weighted by atomic mass is 9.84. The molecule has 1 fully saturated rings. The van der Waals surface area contributed by atoms with Gasteiger partial charge in [-0.05, 0) is 60.6 Å². The third-order valence-electron chi connectivity index (χ3n) is 5.64. The molecule has 0 heterocycles. The Morgan fingerprint density at radius 1 is 1.11 bits per heavy atom. The van der Waals surface area contributed by atoms with Crippen molar-refractivity contribution >= 4 is 16.1 Å². The van der Waals surface area contributed by atoms with Crippen LogP contribution in [0.15, 0.2) is 30.3 Å². The first-order valence-corrected chi connectivity index (χ1v) is 12.2. The molecule has 1 aliphatic rings. The average molecular weight is 520 g/mol. The summed E-state index contributed by atoms with van der Waals surface area (Å²) in [5, 5.41) is 0. The van der Waals surface area contributed by atoms with Crippen LogP contribution < -0.4 is 4.18 Å². The Balaban J connectivity index is 2.41. The number of hydrogen-bond donors (Lipinski definition) is 0. The Morgan fingerprint density at radius 3 is 2.29 bits per heavy atom. The topological polar surface area (TPSA) is 88.1 Å². The number of esters is 1. The third-order valence-corrected chi connectivity index (χ3v) is 6.61. The maximum Gasteiger partial charge on any atom is 0.534 e. The van der Waals surface area contributed by atoms with Gasteiger partial charge < -0.3 is 8.92 Å². The molecule has 7 nitrogen and oxygen atoms in total. The molecule has 35 heavy (non-hydrogen) atoms. The largest absolute Gasteiger partial charge is 0.534 e. The van der Waals surface area contributed by atoms with Crippen LogP contribution in [0.1, 0.15) is 60.0 Å². The van der Waals surface area contributed by atoms with Gasteiger partial charge in [-0.3, -0.25) is 0 Å². The van der Waals surface area contributed by atoms with Gasteiger partial charge >= 0.3 is 21.6 Å². The van der Waals surface area contributed by atoms with Gasteiger partial charge in [-0.1, -0.05) is 25.0 Å². The number of halogens is 4. The van der Waals surface area contributed by atoms with Gasteiger partial charge in [0.25, 0.3) is 0 Å². The summed E-state index contributed by atoms with van der Waals surface area (Å²) < 4.78 is 86.7. The first-order valence-electron chi connectivity index (χ1n) is 10.8. The molecule has 1 aliphatic carbocycles. The molecule has 0 atom stereocenters. The van der Waals surface area contributed by atoms with E-state index in [1.54, 1.807) is 0 Å². The standard InChI is InChI=1S/C23H24F4O7S/c1-3-32-22(28)21-19(34-35(29,30)23(25,26)27)12-17(14-6-4-5-7-14)18(13-33-31-2)20(21)15-8-10-16(24)11-9-15/h8-12,14H,3-7,13H2,1-2H3. The fourth-order valence-electron chi connectivity index (χ4n) is 4.17. The molecule has 2 aromatic carbocycles. The van der Waals surface area contributed by atoms with E-state index in [1.807, 2.05) is 0 Å². The molecular formula is C23H24F4O7S. The predicted octanol–water partition coefficient (Wildman–Crippen LogP) is 5.63. The summed E-state index contributed by atoms with van der Waals surface area (Å²) >= 11 is 0. The summed E-state index contributed by atoms with van der Waals surface area (Å²) in [4.78, 5) is 22.9. The second-order valence-electron chi connectivity index (χ2n) is 7.81. The van der Waals surface area contributed by atoms with Gasteiger partial charge in [-0.15, -0.1) is 0 Å². The molecule has 0 amide bonds. The molecule has 12 heteroatoms. The van der Waals surface area contributed by atoms with Gasteiger partial charge in [-0.2, -0.15) is 21.6 Å². The zero-order valence-corrected chi connectivity index (χ0v) is 19.8. The van der Waals surface area contributed by atoms with Gasteiger partial charge in [0.15, 0.2) is 5.75 Å². The Labute approximate surface area is 200 Å². The van der Waals surface area contributed by atoms with E-state index in [0.717, 1.165) is 31.0 Å². The van der Waals surface area contributed by atoms with Gasteiger partial charge in [0, 0.05) is 5.56 Å². The fourth-order valence-corrected chi connectivity index (χ4v) is 4.63. The summed E-state index contributed by atoms with van der Waals surface area (Å²) in [6, 6.07) is 5.93. The lowest BCUT2D eigenvalue weighted by Gasteiger charge is -2.24. The molecule has 1 saturated carbocycles. The Hall–Kier alpha value is -2.70. The van der Waals surface area contributed by atoms with Crippen LogP contribution in [0.3, 0.4) is 0 Å². The number of benzene rings is 2. The van der Waals surface area contributed by atoms with Crippen molar-refractivity contribution < 1.29 is 49.5 Å². The minimum atomic E-state index is -6.12. The van der Waals surface area contributed by atoms with Crippen LogP contribution in [-0.4, -0.2) is 33.6 Å². The van der Waals surface area contributed by atoms with E-state index >= 15 is 0 Å². The smallest absolute Gasteiger partial charge is 0.462 e. The quantitative estimate of drug-likeness (QED) is 0.106. The van der Waals surface area contributed by atoms with E-state index in [9.17, 15) is 30.8 Å². The SMILES string of the molecule is CCOC(=O)c1c(OS(=O)(=O)C(F)(F)F)cc(C2CCCC2)c(COOC)c1-c1ccc(F)cc1. The highest BCUT2D eigenvalue weighted by molar-refractivity contribution is 7.88. The summed E-state index contributed by atoms with van der Waals surface area (Å²) in [6.45, 7) is 1.10. The molecule has 3 rings (SSSR count). The van der Waals surface area contributed by atoms with Crippen molar-refractivity contribution in [1.82, 2.24) is 0 Å². The third kappa shape index (κ3) is 5.93. The molecule has 0 N–H and O–H groups in total. The molecule has 0 unspecified atom stereocenters. The van der Waals surface area contributed by atoms with Crippen LogP contribution in [0.5, 0.6) is 5.75 Å². The summed E-state index contributed by atoms with van der Waals surface area (Å²) in [5.74, 6) is -2.71. The van der Waals surface area contributed by atoms with Crippen molar-refractivity contribution in [2.24, 2.45) is 0 Å². The lowest BCUT2D eigenvalue weighted by Crippen LogP contribution is -2.29. The predicted molar refractivity (Wildman–Crippen MR) is 116 cm³/mol. The van der Waals surface area contributed by atoms with E-state index in [1.165, 1.54) is 26.2 Å². The van der Waals surface area contributed by atoms with Crippen molar-refractivity contribution in [2.45, 2.75) is 50.6 Å². The van der Waals surface area contributed by atoms with Crippen molar-refractivity contribution in [2.75, 3.05) is 13.7 Å². The second-order valence-corrected chi connectivity index (χ2v) is 9.35. The van der Waals surface area contributed by atoms with Crippen LogP contribution in [0.2, 0.25) is 0 Å². The molecule has 0 saturated heterocycles. The van der Waals surface area contributed by atoms with Crippen LogP contribution in [0.4, 0.5) is 17.6 Å². The van der Waals surface area contributed by atoms with Crippen molar-refractivity contribution in [3.63, 3.8) is 0 Å². The van der Waals surface area contributed by atoms with Crippen molar-refractivity contribution in [3.05, 3.63) is 52.8 Å². The highest BCUT2D eigenvalue weighted by Gasteiger charge is 2.49. The number of carbonyl (C=O) groups excluding carboxylic acids is 1. The molecule has 0 aromatic heterocycles. The zero-order chi connectivity index (χ0) is 25.8. The van der Waals surface area contributed by atoms with Crippen LogP contribution in [0, 0.1) is 5.82 Å². The average Bonchev–Trinajstić information content (AvgIpc) is 3.32. The number of rotatable bonds is 9. The van der Waals surface area contributed by atoms with E-state index in [4.69, 9.17) is 14.5 Å². The Morgan fingerprint density at radius 2 is 1.74 bits per heavy atom. The van der Waals surface area contributed by atoms with E-state index in [-0.39, 0.29) is 30.3 Å². The van der Waals surface area contributed by atoms with E-state index < -0.39 is 38.7 Å². The lowest BCUT2D eigenvalue weighted by molar-refractivity contribution is -0.282. The monoisotopic (exact) mass is 520 g/mol. The maximum absolute atomic E-state index is 13.7. The molecule has 0 spiro atoms. The number of hydrogen-bond acceptors (Lipinski definition) is 7. The molecule has 2 aromatic rings. The molecular weight excluding hydrogens is 496 g/mol. The van der Waals surface area contributed by atoms with Gasteiger partial charge in [-0.25, -0.2) is 19.0 Å². The van der Waals surface area contributed by atoms with Crippen LogP contribution in [-0.2, 0) is 31.2 Å². The molecule has 0 radical (unpaired) electrons. The second kappa shape index (κ2) is 10.9. The van der Waals surface area contributed by atoms with E-state index in [2.05, 4.69) is 4.18 Å². The van der Waals surface area contributed by atoms with Crippen LogP contribution >= 0.6 is 0 Å². The summed E-state index contributed by atoms with van der Waals surface area (Å²) in [7, 11) is -4.86. The van der Waals surface area contributed by atoms with Crippen LogP contribution in [0.25, 0.3) is 11.1 Å². The minimum Gasteiger partial charge on any atom is -0.462 e. The maximum atomic E-state index is 13.7. The fraction of sp³-hybridized carbons (Fsp3) is 0.435. The van der Waals surface area contributed by atoms with Crippen molar-refractivity contribution in [3.8, 4) is 16.9 Å². The number of alkyl halides is 3. The molecule has 0 bridgehead atoms. The van der Waals surface area contributed by atoms with E-state index in [0.29, 0.717) is 24.0 Å². The highest BCUT2D eigenvalue weighted by Crippen LogP contribution is 2.45. The van der Waals surface area contributed by atoms with Gasteiger partial charge in [0.05, 0.1) is 13.7 Å². The summed E-state index contributed by atoms with van der Waals surface area (Å²) in [6.07, 6.45) is 3.04. The normalized spacial score (nSPS) is 14.8. The van der Waals surface area contributed by atoms with Gasteiger partial charge in [0.2, 0.25) is 0 Å². The number of ether oxygens (including phenoxy) is 1. The number of carbonyl (C=O) groups is 1.